The van der Waals surface area contributed by atoms with Crippen molar-refractivity contribution in [1.82, 2.24) is 0 Å². The Kier molecular flexibility index (Phi) is 8.94. The fourth-order valence-corrected chi connectivity index (χ4v) is 0.772. The quantitative estimate of drug-likeness (QED) is 0.483. The molecule has 0 aromatic heterocycles. The van der Waals surface area contributed by atoms with Crippen LogP contribution in [-0.4, -0.2) is 17.2 Å². The van der Waals surface area contributed by atoms with Gasteiger partial charge in [-0.25, -0.2) is 0 Å². The SMILES string of the molecule is C.C=CCC(=O)CC(=O)SC. The molecule has 0 fully saturated rings. The fraction of sp³-hybridized carbons (Fsp3) is 0.500. The molecule has 0 radical (unpaired) electrons. The average molecular weight is 174 g/mol. The zero-order chi connectivity index (χ0) is 7.98. The van der Waals surface area contributed by atoms with E-state index in [1.165, 1.54) is 6.08 Å². The maximum atomic E-state index is 10.7. The Morgan fingerprint density at radius 3 is 2.45 bits per heavy atom. The van der Waals surface area contributed by atoms with Crippen LogP contribution in [0, 0.1) is 0 Å². The topological polar surface area (TPSA) is 34.1 Å². The van der Waals surface area contributed by atoms with Gasteiger partial charge in [0.05, 0.1) is 6.42 Å². The third-order valence-corrected chi connectivity index (χ3v) is 1.54. The van der Waals surface area contributed by atoms with Crippen molar-refractivity contribution in [3.8, 4) is 0 Å². The molecule has 0 aliphatic carbocycles. The number of hydrogen-bond donors (Lipinski definition) is 0. The van der Waals surface area contributed by atoms with Crippen LogP contribution in [-0.2, 0) is 9.59 Å². The van der Waals surface area contributed by atoms with E-state index in [-0.39, 0.29) is 24.7 Å². The Hall–Kier alpha value is -0.570. The summed E-state index contributed by atoms with van der Waals surface area (Å²) in [6, 6.07) is 0. The second-order valence-electron chi connectivity index (χ2n) is 1.78. The predicted octanol–water partition coefficient (Wildman–Crippen LogP) is 2.05. The Morgan fingerprint density at radius 1 is 1.55 bits per heavy atom. The summed E-state index contributed by atoms with van der Waals surface area (Å²) in [5.41, 5.74) is 0. The highest BCUT2D eigenvalue weighted by Crippen LogP contribution is 2.01. The number of ketones is 1. The first-order valence-corrected chi connectivity index (χ1v) is 4.12. The summed E-state index contributed by atoms with van der Waals surface area (Å²) in [6.07, 6.45) is 3.51. The van der Waals surface area contributed by atoms with Gasteiger partial charge in [0, 0.05) is 6.42 Å². The molecular formula is C8H14O2S. The number of allylic oxidation sites excluding steroid dienone is 1. The molecular weight excluding hydrogens is 160 g/mol. The van der Waals surface area contributed by atoms with E-state index in [1.807, 2.05) is 0 Å². The van der Waals surface area contributed by atoms with Crippen molar-refractivity contribution in [2.24, 2.45) is 0 Å². The second kappa shape index (κ2) is 7.54. The maximum Gasteiger partial charge on any atom is 0.196 e. The molecule has 0 saturated carbocycles. The van der Waals surface area contributed by atoms with Crippen LogP contribution < -0.4 is 0 Å². The van der Waals surface area contributed by atoms with Crippen molar-refractivity contribution in [1.29, 1.82) is 0 Å². The van der Waals surface area contributed by atoms with Crippen LogP contribution in [0.5, 0.6) is 0 Å². The molecule has 0 saturated heterocycles. The molecule has 0 aliphatic rings. The summed E-state index contributed by atoms with van der Waals surface area (Å²) in [7, 11) is 0. The minimum Gasteiger partial charge on any atom is -0.299 e. The van der Waals surface area contributed by atoms with Crippen molar-refractivity contribution < 1.29 is 9.59 Å². The summed E-state index contributed by atoms with van der Waals surface area (Å²) in [4.78, 5) is 21.3. The largest absolute Gasteiger partial charge is 0.299 e. The van der Waals surface area contributed by atoms with Crippen LogP contribution in [0.2, 0.25) is 0 Å². The number of hydrogen-bond acceptors (Lipinski definition) is 3. The summed E-state index contributed by atoms with van der Waals surface area (Å²) in [5.74, 6) is -0.0608. The minimum atomic E-state index is -0.0770. The van der Waals surface area contributed by atoms with E-state index in [9.17, 15) is 9.59 Å². The standard InChI is InChI=1S/C7H10O2S.CH4/c1-3-4-6(8)5-7(9)10-2;/h3H,1,4-5H2,2H3;1H4. The van der Waals surface area contributed by atoms with Crippen molar-refractivity contribution in [2.75, 3.05) is 6.26 Å². The van der Waals surface area contributed by atoms with Crippen LogP contribution in [0.4, 0.5) is 0 Å². The van der Waals surface area contributed by atoms with E-state index in [4.69, 9.17) is 0 Å². The van der Waals surface area contributed by atoms with E-state index >= 15 is 0 Å². The van der Waals surface area contributed by atoms with Crippen LogP contribution in [0.25, 0.3) is 0 Å². The van der Waals surface area contributed by atoms with Crippen molar-refractivity contribution in [2.45, 2.75) is 20.3 Å². The molecule has 0 bridgehead atoms. The lowest BCUT2D eigenvalue weighted by Crippen LogP contribution is -2.02. The summed E-state index contributed by atoms with van der Waals surface area (Å²) in [6.45, 7) is 3.39. The Morgan fingerprint density at radius 2 is 2.09 bits per heavy atom. The molecule has 3 heteroatoms. The van der Waals surface area contributed by atoms with Crippen LogP contribution in [0.15, 0.2) is 12.7 Å². The monoisotopic (exact) mass is 174 g/mol. The molecule has 11 heavy (non-hydrogen) atoms. The molecule has 0 heterocycles. The third kappa shape index (κ3) is 7.33. The number of rotatable bonds is 4. The van der Waals surface area contributed by atoms with Gasteiger partial charge in [0.25, 0.3) is 0 Å². The van der Waals surface area contributed by atoms with E-state index in [2.05, 4.69) is 6.58 Å². The van der Waals surface area contributed by atoms with Crippen molar-refractivity contribution in [3.05, 3.63) is 12.7 Å². The molecule has 0 amide bonds. The van der Waals surface area contributed by atoms with Gasteiger partial charge in [-0.05, 0) is 6.26 Å². The molecule has 0 unspecified atom stereocenters. The molecule has 0 aromatic rings. The van der Waals surface area contributed by atoms with Gasteiger partial charge in [-0.2, -0.15) is 0 Å². The number of carbonyl (C=O) groups excluding carboxylic acids is 2. The van der Waals surface area contributed by atoms with Crippen LogP contribution >= 0.6 is 11.8 Å². The molecule has 0 N–H and O–H groups in total. The van der Waals surface area contributed by atoms with E-state index in [0.717, 1.165) is 11.8 Å². The molecule has 0 aromatic carbocycles. The summed E-state index contributed by atoms with van der Waals surface area (Å²) in [5, 5.41) is -0.0770. The van der Waals surface area contributed by atoms with Gasteiger partial charge in [-0.1, -0.05) is 25.3 Å². The average Bonchev–Trinajstić information content (AvgIpc) is 1.88. The number of carbonyl (C=O) groups is 2. The molecule has 64 valence electrons. The van der Waals surface area contributed by atoms with Gasteiger partial charge in [0.1, 0.15) is 5.78 Å². The van der Waals surface area contributed by atoms with E-state index in [0.29, 0.717) is 6.42 Å². The highest BCUT2D eigenvalue weighted by Gasteiger charge is 2.05. The maximum absolute atomic E-state index is 10.7. The van der Waals surface area contributed by atoms with E-state index < -0.39 is 0 Å². The molecule has 0 atom stereocenters. The lowest BCUT2D eigenvalue weighted by molar-refractivity contribution is -0.122. The molecule has 2 nitrogen and oxygen atoms in total. The minimum absolute atomic E-state index is 0. The molecule has 0 aliphatic heterocycles. The van der Waals surface area contributed by atoms with Crippen LogP contribution in [0.3, 0.4) is 0 Å². The van der Waals surface area contributed by atoms with Gasteiger partial charge in [0.15, 0.2) is 5.12 Å². The second-order valence-corrected chi connectivity index (χ2v) is 2.65. The molecule has 0 spiro atoms. The third-order valence-electron chi connectivity index (χ3n) is 0.941. The smallest absolute Gasteiger partial charge is 0.196 e. The van der Waals surface area contributed by atoms with Crippen molar-refractivity contribution in [3.63, 3.8) is 0 Å². The zero-order valence-corrected chi connectivity index (χ0v) is 6.74. The van der Waals surface area contributed by atoms with Gasteiger partial charge in [-0.15, -0.1) is 6.58 Å². The highest BCUT2D eigenvalue weighted by molar-refractivity contribution is 8.13. The Bertz CT molecular complexity index is 152. The first kappa shape index (κ1) is 13.1. The zero-order valence-electron chi connectivity index (χ0n) is 5.92. The number of Topliss-reactive ketones (excluding diaryl/α,β-unsaturated/α-hetero) is 1. The summed E-state index contributed by atoms with van der Waals surface area (Å²) < 4.78 is 0. The summed E-state index contributed by atoms with van der Waals surface area (Å²) >= 11 is 1.08. The van der Waals surface area contributed by atoms with Gasteiger partial charge < -0.3 is 0 Å². The highest BCUT2D eigenvalue weighted by atomic mass is 32.2. The fourth-order valence-electron chi connectivity index (χ4n) is 0.466. The lowest BCUT2D eigenvalue weighted by atomic mass is 10.2. The predicted molar refractivity (Wildman–Crippen MR) is 49.7 cm³/mol. The van der Waals surface area contributed by atoms with Gasteiger partial charge in [-0.3, -0.25) is 9.59 Å². The Labute approximate surface area is 72.1 Å². The normalized spacial score (nSPS) is 8.09. The first-order chi connectivity index (χ1) is 4.70. The van der Waals surface area contributed by atoms with Crippen molar-refractivity contribution >= 4 is 22.7 Å². The van der Waals surface area contributed by atoms with Gasteiger partial charge in [0.2, 0.25) is 0 Å². The molecule has 0 rings (SSSR count). The van der Waals surface area contributed by atoms with Crippen LogP contribution in [0.1, 0.15) is 20.3 Å². The van der Waals surface area contributed by atoms with E-state index in [1.54, 1.807) is 6.26 Å². The first-order valence-electron chi connectivity index (χ1n) is 2.90. The number of thioether (sulfide) groups is 1. The lowest BCUT2D eigenvalue weighted by Gasteiger charge is -1.91. The Balaban J connectivity index is 0. The van der Waals surface area contributed by atoms with Gasteiger partial charge >= 0.3 is 0 Å².